The van der Waals surface area contributed by atoms with Crippen LogP contribution in [0.1, 0.15) is 37.0 Å². The zero-order valence-electron chi connectivity index (χ0n) is 16.0. The molecule has 8 heteroatoms. The molecule has 2 heterocycles. The predicted octanol–water partition coefficient (Wildman–Crippen LogP) is 2.72. The van der Waals surface area contributed by atoms with E-state index in [1.807, 2.05) is 6.92 Å². The summed E-state index contributed by atoms with van der Waals surface area (Å²) in [6.45, 7) is 8.30. The van der Waals surface area contributed by atoms with Crippen LogP contribution in [0.15, 0.2) is 39.8 Å². The number of piperidine rings is 1. The van der Waals surface area contributed by atoms with Crippen LogP contribution in [0.2, 0.25) is 0 Å². The van der Waals surface area contributed by atoms with E-state index in [1.165, 1.54) is 5.56 Å². The monoisotopic (exact) mass is 484 g/mol. The molecular weight excluding hydrogens is 455 g/mol. The molecule has 3 rings (SSSR count). The Bertz CT molecular complexity index is 697. The lowest BCUT2D eigenvalue weighted by Crippen LogP contribution is -2.48. The van der Waals surface area contributed by atoms with E-state index in [1.54, 1.807) is 0 Å². The smallest absolute Gasteiger partial charge is 0.248 e. The molecule has 2 N–H and O–H groups in total. The molecule has 0 atom stereocenters. The highest BCUT2D eigenvalue weighted by atomic mass is 127. The van der Waals surface area contributed by atoms with Crippen LogP contribution in [0.5, 0.6) is 0 Å². The second-order valence-electron chi connectivity index (χ2n) is 6.61. The third-order valence-electron chi connectivity index (χ3n) is 4.46. The van der Waals surface area contributed by atoms with E-state index in [9.17, 15) is 0 Å². The van der Waals surface area contributed by atoms with Gasteiger partial charge in [0.25, 0.3) is 0 Å². The van der Waals surface area contributed by atoms with Crippen molar-refractivity contribution in [1.29, 1.82) is 0 Å². The predicted molar refractivity (Wildman–Crippen MR) is 117 cm³/mol. The fourth-order valence-electron chi connectivity index (χ4n) is 3.14. The topological polar surface area (TPSA) is 78.6 Å². The number of aryl methyl sites for hydroxylation is 1. The molecule has 0 bridgehead atoms. The van der Waals surface area contributed by atoms with E-state index >= 15 is 0 Å². The fourth-order valence-corrected chi connectivity index (χ4v) is 3.14. The number of aromatic nitrogens is 2. The summed E-state index contributed by atoms with van der Waals surface area (Å²) in [6, 6.07) is 11.1. The van der Waals surface area contributed by atoms with Crippen molar-refractivity contribution < 1.29 is 4.52 Å². The number of aliphatic imine (C=N–C) groups is 1. The molecule has 1 aliphatic heterocycles. The van der Waals surface area contributed by atoms with E-state index in [-0.39, 0.29) is 24.0 Å². The minimum atomic E-state index is 0. The molecule has 7 nitrogen and oxygen atoms in total. The summed E-state index contributed by atoms with van der Waals surface area (Å²) < 4.78 is 5.12. The van der Waals surface area contributed by atoms with Crippen LogP contribution in [0.4, 0.5) is 0 Å². The molecule has 1 aliphatic rings. The first-order valence-corrected chi connectivity index (χ1v) is 9.33. The lowest BCUT2D eigenvalue weighted by atomic mass is 10.0. The van der Waals surface area contributed by atoms with Gasteiger partial charge in [-0.3, -0.25) is 4.90 Å². The highest BCUT2D eigenvalue weighted by molar-refractivity contribution is 14.0. The van der Waals surface area contributed by atoms with Crippen molar-refractivity contribution in [2.45, 2.75) is 45.8 Å². The number of hydrogen-bond donors (Lipinski definition) is 2. The van der Waals surface area contributed by atoms with Crippen molar-refractivity contribution in [2.75, 3.05) is 19.6 Å². The summed E-state index contributed by atoms with van der Waals surface area (Å²) in [4.78, 5) is 11.3. The van der Waals surface area contributed by atoms with Crippen molar-refractivity contribution in [3.05, 3.63) is 47.6 Å². The van der Waals surface area contributed by atoms with Crippen LogP contribution in [0.3, 0.4) is 0 Å². The van der Waals surface area contributed by atoms with Crippen LogP contribution in [0, 0.1) is 6.92 Å². The lowest BCUT2D eigenvalue weighted by molar-refractivity contribution is 0.198. The molecule has 1 aromatic heterocycles. The van der Waals surface area contributed by atoms with E-state index < -0.39 is 0 Å². The van der Waals surface area contributed by atoms with Crippen molar-refractivity contribution in [1.82, 2.24) is 25.7 Å². The summed E-state index contributed by atoms with van der Waals surface area (Å²) in [5, 5.41) is 10.6. The van der Waals surface area contributed by atoms with Gasteiger partial charge in [0, 0.05) is 32.2 Å². The number of nitrogens with one attached hydrogen (secondary N) is 2. The molecule has 1 saturated heterocycles. The summed E-state index contributed by atoms with van der Waals surface area (Å²) in [6.07, 6.45) is 2.22. The Kier molecular flexibility index (Phi) is 8.99. The average Bonchev–Trinajstić information content (AvgIpc) is 3.08. The number of halogens is 1. The zero-order valence-corrected chi connectivity index (χ0v) is 18.3. The van der Waals surface area contributed by atoms with Gasteiger partial charge < -0.3 is 15.2 Å². The molecular formula is C19H29IN6O. The zero-order chi connectivity index (χ0) is 18.2. The van der Waals surface area contributed by atoms with Crippen LogP contribution < -0.4 is 10.6 Å². The Morgan fingerprint density at radius 1 is 1.26 bits per heavy atom. The van der Waals surface area contributed by atoms with Gasteiger partial charge in [-0.2, -0.15) is 4.98 Å². The highest BCUT2D eigenvalue weighted by Crippen LogP contribution is 2.13. The largest absolute Gasteiger partial charge is 0.357 e. The summed E-state index contributed by atoms with van der Waals surface area (Å²) in [7, 11) is 0. The number of benzene rings is 1. The van der Waals surface area contributed by atoms with Gasteiger partial charge in [-0.1, -0.05) is 35.5 Å². The van der Waals surface area contributed by atoms with Gasteiger partial charge in [-0.25, -0.2) is 4.99 Å². The van der Waals surface area contributed by atoms with Crippen LogP contribution in [-0.2, 0) is 13.1 Å². The van der Waals surface area contributed by atoms with Crippen LogP contribution in [0.25, 0.3) is 0 Å². The van der Waals surface area contributed by atoms with E-state index in [0.717, 1.165) is 45.0 Å². The van der Waals surface area contributed by atoms with E-state index in [4.69, 9.17) is 4.52 Å². The number of guanidine groups is 1. The Morgan fingerprint density at radius 2 is 2.00 bits per heavy atom. The van der Waals surface area contributed by atoms with Crippen molar-refractivity contribution in [3.63, 3.8) is 0 Å². The maximum absolute atomic E-state index is 5.12. The first-order chi connectivity index (χ1) is 12.7. The van der Waals surface area contributed by atoms with E-state index in [0.29, 0.717) is 24.3 Å². The standard InChI is InChI=1S/C19H28N6O.HI/c1-3-20-19(21-13-18-22-15(2)24-26-18)23-17-9-11-25(12-10-17)14-16-7-5-4-6-8-16;/h4-8,17H,3,9-14H2,1-2H3,(H2,20,21,23);1H. The maximum Gasteiger partial charge on any atom is 0.248 e. The molecule has 0 radical (unpaired) electrons. The molecule has 27 heavy (non-hydrogen) atoms. The maximum atomic E-state index is 5.12. The Hall–Kier alpha value is -1.68. The van der Waals surface area contributed by atoms with Gasteiger partial charge in [-0.15, -0.1) is 24.0 Å². The Balaban J connectivity index is 0.00000261. The number of nitrogens with zero attached hydrogens (tertiary/aromatic N) is 4. The van der Waals surface area contributed by atoms with Gasteiger partial charge in [0.05, 0.1) is 0 Å². The van der Waals surface area contributed by atoms with Gasteiger partial charge >= 0.3 is 0 Å². The average molecular weight is 484 g/mol. The Labute approximate surface area is 178 Å². The number of hydrogen-bond acceptors (Lipinski definition) is 5. The SMILES string of the molecule is CCNC(=NCc1nc(C)no1)NC1CCN(Cc2ccccc2)CC1.I. The molecule has 0 unspecified atom stereocenters. The third kappa shape index (κ3) is 7.10. The van der Waals surface area contributed by atoms with Crippen molar-refractivity contribution in [3.8, 4) is 0 Å². The van der Waals surface area contributed by atoms with Gasteiger partial charge in [0.2, 0.25) is 5.89 Å². The quantitative estimate of drug-likeness (QED) is 0.373. The van der Waals surface area contributed by atoms with Crippen molar-refractivity contribution in [2.24, 2.45) is 4.99 Å². The van der Waals surface area contributed by atoms with E-state index in [2.05, 4.69) is 67.9 Å². The van der Waals surface area contributed by atoms with Gasteiger partial charge in [-0.05, 0) is 32.3 Å². The van der Waals surface area contributed by atoms with Crippen LogP contribution >= 0.6 is 24.0 Å². The summed E-state index contributed by atoms with van der Waals surface area (Å²) >= 11 is 0. The minimum Gasteiger partial charge on any atom is -0.357 e. The first-order valence-electron chi connectivity index (χ1n) is 9.33. The molecule has 0 saturated carbocycles. The molecule has 2 aromatic rings. The van der Waals surface area contributed by atoms with Crippen LogP contribution in [-0.4, -0.2) is 46.7 Å². The molecule has 1 aromatic carbocycles. The molecule has 0 aliphatic carbocycles. The second kappa shape index (κ2) is 11.2. The minimum absolute atomic E-state index is 0. The Morgan fingerprint density at radius 3 is 2.63 bits per heavy atom. The summed E-state index contributed by atoms with van der Waals surface area (Å²) in [5.74, 6) is 1.99. The highest BCUT2D eigenvalue weighted by Gasteiger charge is 2.20. The van der Waals surface area contributed by atoms with Gasteiger partial charge in [0.15, 0.2) is 11.8 Å². The van der Waals surface area contributed by atoms with Gasteiger partial charge in [0.1, 0.15) is 6.54 Å². The molecule has 0 amide bonds. The lowest BCUT2D eigenvalue weighted by Gasteiger charge is -2.33. The molecule has 0 spiro atoms. The summed E-state index contributed by atoms with van der Waals surface area (Å²) in [5.41, 5.74) is 1.38. The molecule has 148 valence electrons. The molecule has 1 fully saturated rings. The fraction of sp³-hybridized carbons (Fsp3) is 0.526. The normalized spacial score (nSPS) is 16.0. The number of likely N-dealkylation sites (tertiary alicyclic amines) is 1. The first kappa shape index (κ1) is 21.6. The second-order valence-corrected chi connectivity index (χ2v) is 6.61. The van der Waals surface area contributed by atoms with Crippen molar-refractivity contribution >= 4 is 29.9 Å². The number of rotatable bonds is 6. The third-order valence-corrected chi connectivity index (χ3v) is 4.46.